The Kier molecular flexibility index (Phi) is 5.83. The second kappa shape index (κ2) is 7.42. The Morgan fingerprint density at radius 1 is 1.14 bits per heavy atom. The van der Waals surface area contributed by atoms with Crippen LogP contribution in [0.3, 0.4) is 0 Å². The summed E-state index contributed by atoms with van der Waals surface area (Å²) in [6.45, 7) is 9.49. The van der Waals surface area contributed by atoms with Gasteiger partial charge in [0, 0.05) is 5.54 Å². The standard InChI is InChI=1S/C19H32N2/c1-5-9-16-10-12-17(13-11-16)18(20-4)19(3,6-2)21-14-7-8-15-21/h10-13,18,20H,5-9,14-15H2,1-4H3. The monoisotopic (exact) mass is 288 g/mol. The molecule has 1 fully saturated rings. The molecule has 0 spiro atoms. The molecule has 2 unspecified atom stereocenters. The van der Waals surface area contributed by atoms with Crippen molar-refractivity contribution >= 4 is 0 Å². The van der Waals surface area contributed by atoms with Gasteiger partial charge in [-0.05, 0) is 63.9 Å². The van der Waals surface area contributed by atoms with Crippen LogP contribution in [-0.4, -0.2) is 30.6 Å². The molecule has 21 heavy (non-hydrogen) atoms. The lowest BCUT2D eigenvalue weighted by Crippen LogP contribution is -2.52. The molecule has 2 atom stereocenters. The Labute approximate surface area is 130 Å². The molecule has 1 aliphatic heterocycles. The molecule has 2 heteroatoms. The summed E-state index contributed by atoms with van der Waals surface area (Å²) in [6, 6.07) is 9.68. The fourth-order valence-electron chi connectivity index (χ4n) is 3.84. The van der Waals surface area contributed by atoms with Gasteiger partial charge in [-0.1, -0.05) is 44.5 Å². The second-order valence-electron chi connectivity index (χ2n) is 6.62. The Morgan fingerprint density at radius 2 is 1.76 bits per heavy atom. The highest BCUT2D eigenvalue weighted by Gasteiger charge is 2.39. The molecular weight excluding hydrogens is 256 g/mol. The Hall–Kier alpha value is -0.860. The van der Waals surface area contributed by atoms with Crippen LogP contribution >= 0.6 is 0 Å². The van der Waals surface area contributed by atoms with E-state index in [9.17, 15) is 0 Å². The molecule has 0 radical (unpaired) electrons. The zero-order valence-electron chi connectivity index (χ0n) is 14.3. The summed E-state index contributed by atoms with van der Waals surface area (Å²) in [5.74, 6) is 0. The van der Waals surface area contributed by atoms with E-state index in [2.05, 4.69) is 62.3 Å². The van der Waals surface area contributed by atoms with Gasteiger partial charge in [-0.2, -0.15) is 0 Å². The summed E-state index contributed by atoms with van der Waals surface area (Å²) in [7, 11) is 2.11. The Bertz CT molecular complexity index is 420. The molecule has 2 nitrogen and oxygen atoms in total. The van der Waals surface area contributed by atoms with Crippen molar-refractivity contribution < 1.29 is 0 Å². The molecule has 2 rings (SSSR count). The third-order valence-corrected chi connectivity index (χ3v) is 5.31. The number of nitrogens with zero attached hydrogens (tertiary/aromatic N) is 1. The van der Waals surface area contributed by atoms with Crippen LogP contribution in [0.4, 0.5) is 0 Å². The van der Waals surface area contributed by atoms with Gasteiger partial charge in [0.1, 0.15) is 0 Å². The number of aryl methyl sites for hydroxylation is 1. The molecule has 0 bridgehead atoms. The fraction of sp³-hybridized carbons (Fsp3) is 0.684. The van der Waals surface area contributed by atoms with Crippen molar-refractivity contribution in [3.8, 4) is 0 Å². The van der Waals surface area contributed by atoms with Crippen LogP contribution in [0.15, 0.2) is 24.3 Å². The fourth-order valence-corrected chi connectivity index (χ4v) is 3.84. The lowest BCUT2D eigenvalue weighted by molar-refractivity contribution is 0.0873. The quantitative estimate of drug-likeness (QED) is 0.810. The van der Waals surface area contributed by atoms with E-state index in [4.69, 9.17) is 0 Å². The number of likely N-dealkylation sites (tertiary alicyclic amines) is 1. The SMILES string of the molecule is CCCc1ccc(C(NC)C(C)(CC)N2CCCC2)cc1. The molecule has 1 aromatic rings. The van der Waals surface area contributed by atoms with Crippen molar-refractivity contribution in [3.05, 3.63) is 35.4 Å². The molecule has 1 saturated heterocycles. The highest BCUT2D eigenvalue weighted by atomic mass is 15.2. The number of benzene rings is 1. The minimum atomic E-state index is 0.206. The largest absolute Gasteiger partial charge is 0.311 e. The predicted octanol–water partition coefficient (Wildman–Crippen LogP) is 4.16. The van der Waals surface area contributed by atoms with Crippen LogP contribution in [0.5, 0.6) is 0 Å². The molecule has 0 aromatic heterocycles. The number of likely N-dealkylation sites (N-methyl/N-ethyl adjacent to an activating group) is 1. The first kappa shape index (κ1) is 16.5. The molecular formula is C19H32N2. The molecule has 1 N–H and O–H groups in total. The Morgan fingerprint density at radius 3 is 2.24 bits per heavy atom. The van der Waals surface area contributed by atoms with Gasteiger partial charge >= 0.3 is 0 Å². The topological polar surface area (TPSA) is 15.3 Å². The van der Waals surface area contributed by atoms with E-state index in [-0.39, 0.29) is 5.54 Å². The van der Waals surface area contributed by atoms with E-state index in [1.54, 1.807) is 0 Å². The molecule has 1 aliphatic rings. The smallest absolute Gasteiger partial charge is 0.0501 e. The maximum atomic E-state index is 3.60. The van der Waals surface area contributed by atoms with Crippen molar-refractivity contribution in [2.24, 2.45) is 0 Å². The summed E-state index contributed by atoms with van der Waals surface area (Å²) in [5, 5.41) is 3.60. The van der Waals surface area contributed by atoms with Crippen molar-refractivity contribution in [1.82, 2.24) is 10.2 Å². The van der Waals surface area contributed by atoms with Gasteiger partial charge in [0.15, 0.2) is 0 Å². The summed E-state index contributed by atoms with van der Waals surface area (Å²) < 4.78 is 0. The molecule has 1 aromatic carbocycles. The zero-order chi connectivity index (χ0) is 15.3. The first-order valence-electron chi connectivity index (χ1n) is 8.66. The third-order valence-electron chi connectivity index (χ3n) is 5.31. The van der Waals surface area contributed by atoms with E-state index in [0.717, 1.165) is 0 Å². The van der Waals surface area contributed by atoms with Gasteiger partial charge in [0.25, 0.3) is 0 Å². The second-order valence-corrected chi connectivity index (χ2v) is 6.62. The van der Waals surface area contributed by atoms with Crippen molar-refractivity contribution in [3.63, 3.8) is 0 Å². The first-order chi connectivity index (χ1) is 10.2. The van der Waals surface area contributed by atoms with Gasteiger partial charge in [0.05, 0.1) is 6.04 Å². The van der Waals surface area contributed by atoms with Crippen LogP contribution in [0.25, 0.3) is 0 Å². The van der Waals surface area contributed by atoms with E-state index in [1.165, 1.54) is 56.3 Å². The average Bonchev–Trinajstić information content (AvgIpc) is 3.04. The summed E-state index contributed by atoms with van der Waals surface area (Å²) in [5.41, 5.74) is 3.08. The normalized spacial score (nSPS) is 20.4. The van der Waals surface area contributed by atoms with E-state index in [0.29, 0.717) is 6.04 Å². The van der Waals surface area contributed by atoms with Gasteiger partial charge in [-0.3, -0.25) is 4.90 Å². The summed E-state index contributed by atoms with van der Waals surface area (Å²) >= 11 is 0. The van der Waals surface area contributed by atoms with Crippen LogP contribution in [0.2, 0.25) is 0 Å². The average molecular weight is 288 g/mol. The van der Waals surface area contributed by atoms with Crippen LogP contribution in [0.1, 0.15) is 63.6 Å². The highest BCUT2D eigenvalue weighted by molar-refractivity contribution is 5.28. The lowest BCUT2D eigenvalue weighted by atomic mass is 9.83. The van der Waals surface area contributed by atoms with E-state index < -0.39 is 0 Å². The predicted molar refractivity (Wildman–Crippen MR) is 91.7 cm³/mol. The third kappa shape index (κ3) is 3.49. The van der Waals surface area contributed by atoms with Crippen LogP contribution in [0, 0.1) is 0 Å². The van der Waals surface area contributed by atoms with Crippen LogP contribution in [-0.2, 0) is 6.42 Å². The zero-order valence-corrected chi connectivity index (χ0v) is 14.3. The molecule has 118 valence electrons. The van der Waals surface area contributed by atoms with Gasteiger partial charge in [-0.15, -0.1) is 0 Å². The minimum Gasteiger partial charge on any atom is -0.311 e. The minimum absolute atomic E-state index is 0.206. The first-order valence-corrected chi connectivity index (χ1v) is 8.66. The number of hydrogen-bond acceptors (Lipinski definition) is 2. The number of rotatable bonds is 7. The maximum absolute atomic E-state index is 3.60. The van der Waals surface area contributed by atoms with Gasteiger partial charge in [0.2, 0.25) is 0 Å². The van der Waals surface area contributed by atoms with Gasteiger partial charge in [-0.25, -0.2) is 0 Å². The Balaban J connectivity index is 2.23. The molecule has 0 aliphatic carbocycles. The van der Waals surface area contributed by atoms with Crippen LogP contribution < -0.4 is 5.32 Å². The maximum Gasteiger partial charge on any atom is 0.0501 e. The van der Waals surface area contributed by atoms with E-state index >= 15 is 0 Å². The summed E-state index contributed by atoms with van der Waals surface area (Å²) in [4.78, 5) is 2.69. The molecule has 0 amide bonds. The summed E-state index contributed by atoms with van der Waals surface area (Å²) in [6.07, 6.45) is 6.27. The van der Waals surface area contributed by atoms with E-state index in [1.807, 2.05) is 0 Å². The molecule has 1 heterocycles. The lowest BCUT2D eigenvalue weighted by Gasteiger charge is -2.44. The number of hydrogen-bond donors (Lipinski definition) is 1. The van der Waals surface area contributed by atoms with Crippen molar-refractivity contribution in [2.75, 3.05) is 20.1 Å². The van der Waals surface area contributed by atoms with Gasteiger partial charge < -0.3 is 5.32 Å². The highest BCUT2D eigenvalue weighted by Crippen LogP contribution is 2.36. The van der Waals surface area contributed by atoms with Crippen molar-refractivity contribution in [2.45, 2.75) is 64.5 Å². The molecule has 0 saturated carbocycles. The van der Waals surface area contributed by atoms with Crippen molar-refractivity contribution in [1.29, 1.82) is 0 Å². The number of nitrogens with one attached hydrogen (secondary N) is 1.